The Bertz CT molecular complexity index is 483. The van der Waals surface area contributed by atoms with E-state index < -0.39 is 0 Å². The van der Waals surface area contributed by atoms with Crippen LogP contribution in [-0.4, -0.2) is 19.6 Å². The fourth-order valence-corrected chi connectivity index (χ4v) is 3.08. The van der Waals surface area contributed by atoms with Gasteiger partial charge in [0, 0.05) is 12.5 Å². The SMILES string of the molecule is COc1ccc(CNC(=O)[C@@H]2CCC[C@@H]2CN)cc1Cl.Cl. The van der Waals surface area contributed by atoms with Crippen LogP contribution >= 0.6 is 24.0 Å². The van der Waals surface area contributed by atoms with Gasteiger partial charge in [-0.25, -0.2) is 0 Å². The molecule has 4 nitrogen and oxygen atoms in total. The zero-order chi connectivity index (χ0) is 14.5. The maximum absolute atomic E-state index is 12.2. The fourth-order valence-electron chi connectivity index (χ4n) is 2.80. The van der Waals surface area contributed by atoms with Gasteiger partial charge in [0.25, 0.3) is 0 Å². The summed E-state index contributed by atoms with van der Waals surface area (Å²) in [5.74, 6) is 1.13. The largest absolute Gasteiger partial charge is 0.495 e. The van der Waals surface area contributed by atoms with E-state index in [1.807, 2.05) is 18.2 Å². The molecule has 0 spiro atoms. The molecule has 6 heteroatoms. The molecule has 3 N–H and O–H groups in total. The van der Waals surface area contributed by atoms with Gasteiger partial charge in [-0.15, -0.1) is 12.4 Å². The van der Waals surface area contributed by atoms with Gasteiger partial charge in [-0.3, -0.25) is 4.79 Å². The summed E-state index contributed by atoms with van der Waals surface area (Å²) in [6.45, 7) is 1.07. The molecule has 0 bridgehead atoms. The topological polar surface area (TPSA) is 64.3 Å². The average molecular weight is 333 g/mol. The highest BCUT2D eigenvalue weighted by Crippen LogP contribution is 2.31. The Labute approximate surface area is 136 Å². The smallest absolute Gasteiger partial charge is 0.223 e. The number of carbonyl (C=O) groups is 1. The lowest BCUT2D eigenvalue weighted by Gasteiger charge is -2.17. The Hall–Kier alpha value is -0.970. The molecule has 1 aliphatic carbocycles. The number of ether oxygens (including phenoxy) is 1. The molecule has 0 aromatic heterocycles. The van der Waals surface area contributed by atoms with Crippen LogP contribution < -0.4 is 15.8 Å². The Morgan fingerprint density at radius 1 is 1.48 bits per heavy atom. The van der Waals surface area contributed by atoms with Gasteiger partial charge < -0.3 is 15.8 Å². The van der Waals surface area contributed by atoms with Gasteiger partial charge in [-0.2, -0.15) is 0 Å². The molecule has 0 unspecified atom stereocenters. The normalized spacial score (nSPS) is 20.7. The summed E-state index contributed by atoms with van der Waals surface area (Å²) in [4.78, 5) is 12.2. The van der Waals surface area contributed by atoms with E-state index in [4.69, 9.17) is 22.1 Å². The van der Waals surface area contributed by atoms with Gasteiger partial charge >= 0.3 is 0 Å². The molecule has 118 valence electrons. The number of nitrogens with two attached hydrogens (primary N) is 1. The highest BCUT2D eigenvalue weighted by molar-refractivity contribution is 6.32. The third kappa shape index (κ3) is 4.50. The summed E-state index contributed by atoms with van der Waals surface area (Å²) >= 11 is 6.06. The summed E-state index contributed by atoms with van der Waals surface area (Å²) < 4.78 is 5.10. The van der Waals surface area contributed by atoms with E-state index in [2.05, 4.69) is 5.32 Å². The van der Waals surface area contributed by atoms with Crippen LogP contribution in [0.2, 0.25) is 5.02 Å². The van der Waals surface area contributed by atoms with Crippen molar-refractivity contribution < 1.29 is 9.53 Å². The van der Waals surface area contributed by atoms with E-state index in [0.717, 1.165) is 24.8 Å². The Morgan fingerprint density at radius 3 is 2.86 bits per heavy atom. The first-order chi connectivity index (χ1) is 9.65. The van der Waals surface area contributed by atoms with Crippen molar-refractivity contribution in [3.8, 4) is 5.75 Å². The highest BCUT2D eigenvalue weighted by atomic mass is 35.5. The van der Waals surface area contributed by atoms with Crippen LogP contribution in [0.15, 0.2) is 18.2 Å². The number of methoxy groups -OCH3 is 1. The number of amides is 1. The average Bonchev–Trinajstić information content (AvgIpc) is 2.93. The van der Waals surface area contributed by atoms with Crippen molar-refractivity contribution in [2.75, 3.05) is 13.7 Å². The van der Waals surface area contributed by atoms with Crippen LogP contribution in [0.25, 0.3) is 0 Å². The van der Waals surface area contributed by atoms with E-state index in [1.165, 1.54) is 0 Å². The number of nitrogens with one attached hydrogen (secondary N) is 1. The minimum absolute atomic E-state index is 0. The molecule has 1 fully saturated rings. The predicted octanol–water partition coefficient (Wildman–Crippen LogP) is 2.76. The maximum atomic E-state index is 12.2. The van der Waals surface area contributed by atoms with Crippen LogP contribution in [0.5, 0.6) is 5.75 Å². The van der Waals surface area contributed by atoms with Crippen molar-refractivity contribution in [1.82, 2.24) is 5.32 Å². The molecule has 0 heterocycles. The molecule has 2 atom stereocenters. The van der Waals surface area contributed by atoms with E-state index in [9.17, 15) is 4.79 Å². The monoisotopic (exact) mass is 332 g/mol. The minimum Gasteiger partial charge on any atom is -0.495 e. The van der Waals surface area contributed by atoms with Gasteiger partial charge in [0.2, 0.25) is 5.91 Å². The zero-order valence-corrected chi connectivity index (χ0v) is 13.7. The highest BCUT2D eigenvalue weighted by Gasteiger charge is 2.31. The molecular formula is C15H22Cl2N2O2. The second-order valence-corrected chi connectivity index (χ2v) is 5.63. The van der Waals surface area contributed by atoms with Gasteiger partial charge in [-0.05, 0) is 43.0 Å². The molecular weight excluding hydrogens is 311 g/mol. The van der Waals surface area contributed by atoms with Gasteiger partial charge in [0.1, 0.15) is 5.75 Å². The van der Waals surface area contributed by atoms with Gasteiger partial charge in [0.15, 0.2) is 0 Å². The molecule has 1 aromatic rings. The number of benzene rings is 1. The quantitative estimate of drug-likeness (QED) is 0.871. The number of halogens is 2. The summed E-state index contributed by atoms with van der Waals surface area (Å²) in [6.07, 6.45) is 3.09. The first kappa shape index (κ1) is 18.1. The number of hydrogen-bond donors (Lipinski definition) is 2. The Morgan fingerprint density at radius 2 is 2.24 bits per heavy atom. The molecule has 1 amide bonds. The van der Waals surface area contributed by atoms with Crippen molar-refractivity contribution in [2.45, 2.75) is 25.8 Å². The lowest BCUT2D eigenvalue weighted by atomic mass is 9.95. The molecule has 1 aliphatic rings. The first-order valence-electron chi connectivity index (χ1n) is 6.96. The number of hydrogen-bond acceptors (Lipinski definition) is 3. The van der Waals surface area contributed by atoms with E-state index in [1.54, 1.807) is 7.11 Å². The summed E-state index contributed by atoms with van der Waals surface area (Å²) in [6, 6.07) is 5.53. The van der Waals surface area contributed by atoms with Crippen LogP contribution in [0, 0.1) is 11.8 Å². The van der Waals surface area contributed by atoms with Crippen molar-refractivity contribution in [3.63, 3.8) is 0 Å². The van der Waals surface area contributed by atoms with Crippen LogP contribution in [0.3, 0.4) is 0 Å². The standard InChI is InChI=1S/C15H21ClN2O2.ClH/c1-20-14-6-5-10(7-13(14)16)9-18-15(19)12-4-2-3-11(12)8-17;/h5-7,11-12H,2-4,8-9,17H2,1H3,(H,18,19);1H/t11-,12-;/m1./s1. The van der Waals surface area contributed by atoms with Gasteiger partial charge in [0.05, 0.1) is 12.1 Å². The summed E-state index contributed by atoms with van der Waals surface area (Å²) in [5, 5.41) is 3.53. The maximum Gasteiger partial charge on any atom is 0.223 e. The Kier molecular flexibility index (Phi) is 7.29. The van der Waals surface area contributed by atoms with Crippen molar-refractivity contribution in [1.29, 1.82) is 0 Å². The van der Waals surface area contributed by atoms with Crippen LogP contribution in [0.4, 0.5) is 0 Å². The molecule has 0 aliphatic heterocycles. The molecule has 2 rings (SSSR count). The van der Waals surface area contributed by atoms with E-state index >= 15 is 0 Å². The lowest BCUT2D eigenvalue weighted by Crippen LogP contribution is -2.34. The molecule has 0 saturated heterocycles. The van der Waals surface area contributed by atoms with Crippen molar-refractivity contribution >= 4 is 29.9 Å². The van der Waals surface area contributed by atoms with Gasteiger partial charge in [-0.1, -0.05) is 24.1 Å². The third-order valence-corrected chi connectivity index (χ3v) is 4.28. The fraction of sp³-hybridized carbons (Fsp3) is 0.533. The van der Waals surface area contributed by atoms with Crippen LogP contribution in [0.1, 0.15) is 24.8 Å². The van der Waals surface area contributed by atoms with E-state index in [-0.39, 0.29) is 24.2 Å². The lowest BCUT2D eigenvalue weighted by molar-refractivity contribution is -0.126. The molecule has 1 saturated carbocycles. The summed E-state index contributed by atoms with van der Waals surface area (Å²) in [7, 11) is 1.58. The third-order valence-electron chi connectivity index (χ3n) is 3.98. The Balaban J connectivity index is 0.00000220. The minimum atomic E-state index is 0. The van der Waals surface area contributed by atoms with E-state index in [0.29, 0.717) is 29.8 Å². The molecule has 21 heavy (non-hydrogen) atoms. The van der Waals surface area contributed by atoms with Crippen molar-refractivity contribution in [2.24, 2.45) is 17.6 Å². The summed E-state index contributed by atoms with van der Waals surface area (Å²) in [5.41, 5.74) is 6.67. The second-order valence-electron chi connectivity index (χ2n) is 5.22. The predicted molar refractivity (Wildman–Crippen MR) is 87.0 cm³/mol. The van der Waals surface area contributed by atoms with Crippen LogP contribution in [-0.2, 0) is 11.3 Å². The number of carbonyl (C=O) groups excluding carboxylic acids is 1. The van der Waals surface area contributed by atoms with Crippen molar-refractivity contribution in [3.05, 3.63) is 28.8 Å². The second kappa shape index (κ2) is 8.47. The number of rotatable bonds is 5. The zero-order valence-electron chi connectivity index (χ0n) is 12.1. The molecule has 1 aromatic carbocycles. The first-order valence-corrected chi connectivity index (χ1v) is 7.33. The molecule has 0 radical (unpaired) electrons.